The Bertz CT molecular complexity index is 936. The Kier molecular flexibility index (Phi) is 5.33. The summed E-state index contributed by atoms with van der Waals surface area (Å²) in [7, 11) is -2.48. The van der Waals surface area contributed by atoms with Gasteiger partial charge in [0.2, 0.25) is 10.0 Å². The van der Waals surface area contributed by atoms with E-state index in [1.165, 1.54) is 19.2 Å². The number of benzene rings is 2. The van der Waals surface area contributed by atoms with Crippen LogP contribution in [0.1, 0.15) is 24.3 Å². The number of nitro groups is 1. The molecule has 1 aliphatic rings. The predicted octanol–water partition coefficient (Wildman–Crippen LogP) is 2.59. The van der Waals surface area contributed by atoms with E-state index in [0.717, 1.165) is 24.5 Å². The number of nitro benzene ring substituents is 1. The van der Waals surface area contributed by atoms with Crippen LogP contribution in [-0.2, 0) is 10.0 Å². The van der Waals surface area contributed by atoms with Crippen molar-refractivity contribution < 1.29 is 18.4 Å². The largest absolute Gasteiger partial charge is 0.508 e. The van der Waals surface area contributed by atoms with Gasteiger partial charge in [-0.15, -0.1) is 0 Å². The summed E-state index contributed by atoms with van der Waals surface area (Å²) in [5, 5.41) is 20.9. The molecule has 0 amide bonds. The fraction of sp³-hybridized carbons (Fsp3) is 0.333. The highest BCUT2D eigenvalue weighted by molar-refractivity contribution is 7.89. The second-order valence-corrected chi connectivity index (χ2v) is 8.35. The molecule has 0 saturated carbocycles. The van der Waals surface area contributed by atoms with Gasteiger partial charge in [0.15, 0.2) is 0 Å². The molecule has 0 unspecified atom stereocenters. The van der Waals surface area contributed by atoms with E-state index in [9.17, 15) is 23.6 Å². The molecule has 0 spiro atoms. The number of anilines is 1. The summed E-state index contributed by atoms with van der Waals surface area (Å²) in [6.07, 6.45) is 1.64. The number of piperidine rings is 1. The summed E-state index contributed by atoms with van der Waals surface area (Å²) >= 11 is 0. The molecule has 0 aromatic heterocycles. The molecule has 144 valence electrons. The average molecular weight is 391 g/mol. The van der Waals surface area contributed by atoms with Gasteiger partial charge in [0, 0.05) is 19.2 Å². The van der Waals surface area contributed by atoms with Gasteiger partial charge < -0.3 is 10.0 Å². The molecule has 1 fully saturated rings. The number of aromatic hydroxyl groups is 1. The lowest BCUT2D eigenvalue weighted by Crippen LogP contribution is -2.33. The van der Waals surface area contributed by atoms with Gasteiger partial charge in [-0.2, -0.15) is 0 Å². The Morgan fingerprint density at radius 1 is 1.15 bits per heavy atom. The number of nitrogens with one attached hydrogen (secondary N) is 1. The summed E-state index contributed by atoms with van der Waals surface area (Å²) < 4.78 is 26.0. The van der Waals surface area contributed by atoms with Gasteiger partial charge in [0.1, 0.15) is 11.4 Å². The Labute approximate surface area is 157 Å². The van der Waals surface area contributed by atoms with Crippen LogP contribution in [0, 0.1) is 10.1 Å². The van der Waals surface area contributed by atoms with Crippen LogP contribution < -0.4 is 9.62 Å². The van der Waals surface area contributed by atoms with Gasteiger partial charge in [0.25, 0.3) is 5.69 Å². The van der Waals surface area contributed by atoms with Gasteiger partial charge in [-0.1, -0.05) is 12.1 Å². The number of phenols is 1. The first kappa shape index (κ1) is 19.1. The maximum atomic E-state index is 11.9. The molecule has 2 aromatic carbocycles. The SMILES string of the molecule is CNS(=O)(=O)c1ccc(N2CCC(c3ccc(O)cc3)CC2)c([N+](=O)[O-])c1. The maximum absolute atomic E-state index is 11.9. The van der Waals surface area contributed by atoms with Crippen molar-refractivity contribution in [1.82, 2.24) is 4.72 Å². The summed E-state index contributed by atoms with van der Waals surface area (Å²) in [6.45, 7) is 1.26. The minimum atomic E-state index is -3.74. The van der Waals surface area contributed by atoms with E-state index in [-0.39, 0.29) is 16.3 Å². The van der Waals surface area contributed by atoms with E-state index in [4.69, 9.17) is 0 Å². The quantitative estimate of drug-likeness (QED) is 0.598. The van der Waals surface area contributed by atoms with E-state index in [2.05, 4.69) is 4.72 Å². The van der Waals surface area contributed by atoms with Crippen LogP contribution in [0.15, 0.2) is 47.4 Å². The molecular weight excluding hydrogens is 370 g/mol. The van der Waals surface area contributed by atoms with Crippen molar-refractivity contribution in [3.05, 3.63) is 58.1 Å². The molecule has 2 aromatic rings. The van der Waals surface area contributed by atoms with Gasteiger partial charge in [-0.05, 0) is 55.6 Å². The van der Waals surface area contributed by atoms with Crippen LogP contribution in [0.2, 0.25) is 0 Å². The van der Waals surface area contributed by atoms with Gasteiger partial charge in [-0.3, -0.25) is 10.1 Å². The first-order chi connectivity index (χ1) is 12.8. The molecule has 27 heavy (non-hydrogen) atoms. The molecular formula is C18H21N3O5S. The summed E-state index contributed by atoms with van der Waals surface area (Å²) in [5.74, 6) is 0.549. The highest BCUT2D eigenvalue weighted by atomic mass is 32.2. The third-order valence-corrected chi connectivity index (χ3v) is 6.33. The predicted molar refractivity (Wildman–Crippen MR) is 102 cm³/mol. The zero-order valence-electron chi connectivity index (χ0n) is 14.8. The zero-order chi connectivity index (χ0) is 19.6. The molecule has 1 heterocycles. The molecule has 9 heteroatoms. The van der Waals surface area contributed by atoms with E-state index < -0.39 is 14.9 Å². The third-order valence-electron chi connectivity index (χ3n) is 4.92. The van der Waals surface area contributed by atoms with E-state index in [1.54, 1.807) is 12.1 Å². The van der Waals surface area contributed by atoms with Crippen molar-refractivity contribution in [3.63, 3.8) is 0 Å². The Balaban J connectivity index is 1.81. The lowest BCUT2D eigenvalue weighted by Gasteiger charge is -2.33. The highest BCUT2D eigenvalue weighted by Gasteiger charge is 2.27. The lowest BCUT2D eigenvalue weighted by atomic mass is 9.89. The van der Waals surface area contributed by atoms with Crippen LogP contribution in [0.25, 0.3) is 0 Å². The van der Waals surface area contributed by atoms with Crippen molar-refractivity contribution >= 4 is 21.4 Å². The third kappa shape index (κ3) is 4.04. The minimum Gasteiger partial charge on any atom is -0.508 e. The van der Waals surface area contributed by atoms with Crippen molar-refractivity contribution in [2.75, 3.05) is 25.0 Å². The Morgan fingerprint density at radius 3 is 2.33 bits per heavy atom. The number of rotatable bonds is 5. The molecule has 0 atom stereocenters. The first-order valence-corrected chi connectivity index (χ1v) is 10.1. The second kappa shape index (κ2) is 7.53. The van der Waals surface area contributed by atoms with Gasteiger partial charge >= 0.3 is 0 Å². The molecule has 0 radical (unpaired) electrons. The molecule has 2 N–H and O–H groups in total. The Morgan fingerprint density at radius 2 is 1.78 bits per heavy atom. The summed E-state index contributed by atoms with van der Waals surface area (Å²) in [5.41, 5.74) is 1.35. The second-order valence-electron chi connectivity index (χ2n) is 6.47. The molecule has 1 aliphatic heterocycles. The minimum absolute atomic E-state index is 0.126. The number of hydrogen-bond acceptors (Lipinski definition) is 6. The van der Waals surface area contributed by atoms with Crippen LogP contribution in [-0.4, -0.2) is 38.6 Å². The van der Waals surface area contributed by atoms with Crippen molar-refractivity contribution in [2.24, 2.45) is 0 Å². The molecule has 0 aliphatic carbocycles. The number of sulfonamides is 1. The highest BCUT2D eigenvalue weighted by Crippen LogP contribution is 2.36. The number of phenolic OH excluding ortho intramolecular Hbond substituents is 1. The summed E-state index contributed by atoms with van der Waals surface area (Å²) in [4.78, 5) is 12.7. The summed E-state index contributed by atoms with van der Waals surface area (Å²) in [6, 6.07) is 11.1. The standard InChI is InChI=1S/C18H21N3O5S/c1-19-27(25,26)16-6-7-17(18(12-16)21(23)24)20-10-8-14(9-11-20)13-2-4-15(22)5-3-13/h2-7,12,14,19,22H,8-11H2,1H3. The molecule has 8 nitrogen and oxygen atoms in total. The fourth-order valence-electron chi connectivity index (χ4n) is 3.40. The van der Waals surface area contributed by atoms with Crippen LogP contribution in [0.3, 0.4) is 0 Å². The monoisotopic (exact) mass is 391 g/mol. The van der Waals surface area contributed by atoms with Crippen LogP contribution in [0.4, 0.5) is 11.4 Å². The van der Waals surface area contributed by atoms with E-state index >= 15 is 0 Å². The molecule has 3 rings (SSSR count). The van der Waals surface area contributed by atoms with Crippen LogP contribution in [0.5, 0.6) is 5.75 Å². The fourth-order valence-corrected chi connectivity index (χ4v) is 4.15. The number of hydrogen-bond donors (Lipinski definition) is 2. The van der Waals surface area contributed by atoms with E-state index in [1.807, 2.05) is 17.0 Å². The van der Waals surface area contributed by atoms with Gasteiger partial charge in [-0.25, -0.2) is 13.1 Å². The lowest BCUT2D eigenvalue weighted by molar-refractivity contribution is -0.384. The first-order valence-electron chi connectivity index (χ1n) is 8.57. The molecule has 0 bridgehead atoms. The maximum Gasteiger partial charge on any atom is 0.293 e. The average Bonchev–Trinajstić information content (AvgIpc) is 2.68. The zero-order valence-corrected chi connectivity index (χ0v) is 15.6. The smallest absolute Gasteiger partial charge is 0.293 e. The van der Waals surface area contributed by atoms with E-state index in [0.29, 0.717) is 24.7 Å². The number of nitrogens with zero attached hydrogens (tertiary/aromatic N) is 2. The molecule has 1 saturated heterocycles. The van der Waals surface area contributed by atoms with Crippen molar-refractivity contribution in [3.8, 4) is 5.75 Å². The normalized spacial score (nSPS) is 15.7. The topological polar surface area (TPSA) is 113 Å². The van der Waals surface area contributed by atoms with Crippen LogP contribution >= 0.6 is 0 Å². The Hall–Kier alpha value is -2.65. The van der Waals surface area contributed by atoms with Crippen molar-refractivity contribution in [2.45, 2.75) is 23.7 Å². The van der Waals surface area contributed by atoms with Crippen molar-refractivity contribution in [1.29, 1.82) is 0 Å². The van der Waals surface area contributed by atoms with Gasteiger partial charge in [0.05, 0.1) is 9.82 Å².